The third-order valence-corrected chi connectivity index (χ3v) is 7.37. The van der Waals surface area contributed by atoms with Crippen molar-refractivity contribution >= 4 is 11.6 Å². The van der Waals surface area contributed by atoms with Crippen LogP contribution in [0.25, 0.3) is 0 Å². The number of ketones is 2. The minimum atomic E-state index is -0.361. The number of allylic oxidation sites excluding steroid dienone is 4. The van der Waals surface area contributed by atoms with Gasteiger partial charge in [-0.2, -0.15) is 0 Å². The summed E-state index contributed by atoms with van der Waals surface area (Å²) >= 11 is 0. The number of rotatable bonds is 0. The van der Waals surface area contributed by atoms with E-state index >= 15 is 0 Å². The quantitative estimate of drug-likeness (QED) is 0.670. The Morgan fingerprint density at radius 2 is 1.91 bits per heavy atom. The molecule has 118 valence electrons. The van der Waals surface area contributed by atoms with E-state index in [4.69, 9.17) is 0 Å². The molecule has 2 heteroatoms. The van der Waals surface area contributed by atoms with Gasteiger partial charge in [-0.25, -0.2) is 0 Å². The van der Waals surface area contributed by atoms with Crippen molar-refractivity contribution < 1.29 is 9.59 Å². The zero-order valence-corrected chi connectivity index (χ0v) is 13.9. The van der Waals surface area contributed by atoms with E-state index in [2.05, 4.69) is 32.9 Å². The molecule has 3 unspecified atom stereocenters. The Hall–Kier alpha value is -1.18. The zero-order valence-electron chi connectivity index (χ0n) is 13.9. The fourth-order valence-electron chi connectivity index (χ4n) is 6.08. The van der Waals surface area contributed by atoms with Crippen LogP contribution in [-0.4, -0.2) is 11.6 Å². The molecule has 22 heavy (non-hydrogen) atoms. The monoisotopic (exact) mass is 298 g/mol. The highest BCUT2D eigenvalue weighted by atomic mass is 16.1. The summed E-state index contributed by atoms with van der Waals surface area (Å²) in [6, 6.07) is 0. The zero-order chi connectivity index (χ0) is 15.7. The maximum Gasteiger partial charge on any atom is 0.139 e. The molecule has 2 fully saturated rings. The van der Waals surface area contributed by atoms with Crippen LogP contribution in [0.1, 0.15) is 59.3 Å². The van der Waals surface area contributed by atoms with Gasteiger partial charge in [0, 0.05) is 29.6 Å². The minimum Gasteiger partial charge on any atom is -0.299 e. The van der Waals surface area contributed by atoms with Crippen LogP contribution in [0, 0.1) is 28.6 Å². The number of carbonyl (C=O) groups is 2. The molecule has 4 aliphatic carbocycles. The van der Waals surface area contributed by atoms with Gasteiger partial charge in [-0.15, -0.1) is 0 Å². The van der Waals surface area contributed by atoms with Gasteiger partial charge in [0.05, 0.1) is 0 Å². The van der Waals surface area contributed by atoms with E-state index in [0.717, 1.165) is 25.7 Å². The largest absolute Gasteiger partial charge is 0.299 e. The highest BCUT2D eigenvalue weighted by molar-refractivity contribution is 5.95. The fourth-order valence-corrected chi connectivity index (χ4v) is 6.08. The predicted molar refractivity (Wildman–Crippen MR) is 86.2 cm³/mol. The first-order valence-electron chi connectivity index (χ1n) is 8.80. The Morgan fingerprint density at radius 1 is 1.14 bits per heavy atom. The van der Waals surface area contributed by atoms with Crippen LogP contribution < -0.4 is 0 Å². The summed E-state index contributed by atoms with van der Waals surface area (Å²) in [6.07, 6.45) is 10.0. The van der Waals surface area contributed by atoms with E-state index < -0.39 is 0 Å². The first kappa shape index (κ1) is 14.4. The van der Waals surface area contributed by atoms with Gasteiger partial charge in [-0.3, -0.25) is 9.59 Å². The van der Waals surface area contributed by atoms with Crippen molar-refractivity contribution in [2.75, 3.05) is 0 Å². The molecule has 4 aliphatic rings. The van der Waals surface area contributed by atoms with E-state index in [9.17, 15) is 9.59 Å². The van der Waals surface area contributed by atoms with Crippen molar-refractivity contribution in [1.29, 1.82) is 0 Å². The van der Waals surface area contributed by atoms with Crippen LogP contribution in [0.15, 0.2) is 23.3 Å². The molecule has 0 N–H and O–H groups in total. The van der Waals surface area contributed by atoms with Gasteiger partial charge >= 0.3 is 0 Å². The molecule has 0 aromatic rings. The van der Waals surface area contributed by atoms with Crippen molar-refractivity contribution in [2.24, 2.45) is 28.6 Å². The molecule has 0 heterocycles. The molecule has 2 nitrogen and oxygen atoms in total. The number of hydrogen-bond donors (Lipinski definition) is 0. The number of Topliss-reactive ketones (excluding diaryl/α,β-unsaturated/α-hetero) is 2. The van der Waals surface area contributed by atoms with Crippen LogP contribution in [-0.2, 0) is 9.59 Å². The topological polar surface area (TPSA) is 34.1 Å². The Labute approximate surface area is 133 Å². The van der Waals surface area contributed by atoms with E-state index in [-0.39, 0.29) is 16.7 Å². The summed E-state index contributed by atoms with van der Waals surface area (Å²) in [5.41, 5.74) is 2.47. The normalized spacial score (nSPS) is 47.3. The van der Waals surface area contributed by atoms with Gasteiger partial charge in [-0.1, -0.05) is 31.6 Å². The molecule has 0 spiro atoms. The molecule has 4 rings (SSSR count). The molecule has 0 aliphatic heterocycles. The lowest BCUT2D eigenvalue weighted by molar-refractivity contribution is -0.147. The van der Waals surface area contributed by atoms with Crippen LogP contribution in [0.5, 0.6) is 0 Å². The molecule has 0 aromatic heterocycles. The van der Waals surface area contributed by atoms with Gasteiger partial charge in [0.25, 0.3) is 0 Å². The number of fused-ring (bicyclic) bond motifs is 5. The third-order valence-electron chi connectivity index (χ3n) is 7.37. The van der Waals surface area contributed by atoms with Crippen molar-refractivity contribution in [1.82, 2.24) is 0 Å². The van der Waals surface area contributed by atoms with Gasteiger partial charge in [0.1, 0.15) is 11.6 Å². The summed E-state index contributed by atoms with van der Waals surface area (Å²) in [4.78, 5) is 25.4. The number of hydrogen-bond acceptors (Lipinski definition) is 2. The number of carbonyl (C=O) groups excluding carboxylic acids is 2. The Morgan fingerprint density at radius 3 is 2.68 bits per heavy atom. The first-order chi connectivity index (χ1) is 10.4. The highest BCUT2D eigenvalue weighted by Crippen LogP contribution is 2.62. The molecule has 0 radical (unpaired) electrons. The third kappa shape index (κ3) is 1.67. The van der Waals surface area contributed by atoms with E-state index in [1.807, 2.05) is 0 Å². The van der Waals surface area contributed by atoms with E-state index in [0.29, 0.717) is 36.2 Å². The van der Waals surface area contributed by atoms with Crippen LogP contribution in [0.3, 0.4) is 0 Å². The maximum atomic E-state index is 13.1. The van der Waals surface area contributed by atoms with Crippen LogP contribution in [0.2, 0.25) is 0 Å². The summed E-state index contributed by atoms with van der Waals surface area (Å²) in [5, 5.41) is 0. The molecule has 0 amide bonds. The molecular weight excluding hydrogens is 272 g/mol. The lowest BCUT2D eigenvalue weighted by Gasteiger charge is -2.54. The molecule has 0 bridgehead atoms. The van der Waals surface area contributed by atoms with Crippen molar-refractivity contribution in [2.45, 2.75) is 59.3 Å². The van der Waals surface area contributed by atoms with Gasteiger partial charge in [-0.05, 0) is 50.0 Å². The molecular formula is C20H26O2. The van der Waals surface area contributed by atoms with Crippen molar-refractivity contribution in [3.8, 4) is 0 Å². The first-order valence-corrected chi connectivity index (χ1v) is 8.80. The SMILES string of the molecule is CC1=CC2=CCC3C(C(=O)C[C@]4(C)C(=O)CCC34)[C@@]2(C)CC1. The minimum absolute atomic E-state index is 0.00643. The fraction of sp³-hybridized carbons (Fsp3) is 0.700. The lowest BCUT2D eigenvalue weighted by Crippen LogP contribution is -2.53. The van der Waals surface area contributed by atoms with Crippen LogP contribution >= 0.6 is 0 Å². The smallest absolute Gasteiger partial charge is 0.139 e. The Balaban J connectivity index is 1.80. The summed E-state index contributed by atoms with van der Waals surface area (Å²) < 4.78 is 0. The predicted octanol–water partition coefficient (Wildman–Crippen LogP) is 4.25. The Bertz CT molecular complexity index is 626. The van der Waals surface area contributed by atoms with E-state index in [1.165, 1.54) is 11.1 Å². The van der Waals surface area contributed by atoms with Crippen molar-refractivity contribution in [3.63, 3.8) is 0 Å². The van der Waals surface area contributed by atoms with Gasteiger partial charge in [0.2, 0.25) is 0 Å². The molecule has 0 saturated heterocycles. The lowest BCUT2D eigenvalue weighted by atomic mass is 9.48. The summed E-state index contributed by atoms with van der Waals surface area (Å²) in [6.45, 7) is 6.56. The highest BCUT2D eigenvalue weighted by Gasteiger charge is 2.61. The maximum absolute atomic E-state index is 13.1. The summed E-state index contributed by atoms with van der Waals surface area (Å²) in [5.74, 6) is 1.65. The van der Waals surface area contributed by atoms with Gasteiger partial charge in [0.15, 0.2) is 0 Å². The average Bonchev–Trinajstić information content (AvgIpc) is 2.75. The Kier molecular flexibility index (Phi) is 2.90. The standard InChI is InChI=1S/C20H26O2/c1-12-8-9-19(2)13(10-12)4-5-14-15-6-7-17(22)20(15,3)11-16(21)18(14)19/h4,10,14-15,18H,5-9,11H2,1-3H3/t14?,15?,18?,19-,20-/m0/s1. The van der Waals surface area contributed by atoms with Gasteiger partial charge < -0.3 is 0 Å². The van der Waals surface area contributed by atoms with E-state index in [1.54, 1.807) is 0 Å². The van der Waals surface area contributed by atoms with Crippen LogP contribution in [0.4, 0.5) is 0 Å². The van der Waals surface area contributed by atoms with Crippen molar-refractivity contribution in [3.05, 3.63) is 23.3 Å². The second-order valence-corrected chi connectivity index (χ2v) is 8.57. The molecule has 5 atom stereocenters. The summed E-state index contributed by atoms with van der Waals surface area (Å²) in [7, 11) is 0. The molecule has 0 aromatic carbocycles. The average molecular weight is 298 g/mol. The molecule has 2 saturated carbocycles. The second-order valence-electron chi connectivity index (χ2n) is 8.57. The second kappa shape index (κ2) is 4.43.